The molecule has 162 valence electrons. The van der Waals surface area contributed by atoms with E-state index in [2.05, 4.69) is 4.98 Å². The van der Waals surface area contributed by atoms with Gasteiger partial charge in [-0.1, -0.05) is 24.3 Å². The van der Waals surface area contributed by atoms with E-state index in [0.717, 1.165) is 22.3 Å². The third-order valence-electron chi connectivity index (χ3n) is 5.05. The van der Waals surface area contributed by atoms with Gasteiger partial charge in [0.15, 0.2) is 0 Å². The maximum absolute atomic E-state index is 11.8. The first kappa shape index (κ1) is 21.2. The van der Waals surface area contributed by atoms with Crippen molar-refractivity contribution in [3.05, 3.63) is 78.6 Å². The van der Waals surface area contributed by atoms with Crippen LogP contribution < -0.4 is 9.47 Å². The molecule has 0 atom stereocenters. The number of carbonyl (C=O) groups excluding carboxylic acids is 1. The van der Waals surface area contributed by atoms with Crippen LogP contribution in [0.15, 0.2) is 77.4 Å². The predicted octanol–water partition coefficient (Wildman–Crippen LogP) is 5.87. The number of benzene rings is 3. The summed E-state index contributed by atoms with van der Waals surface area (Å²) in [6, 6.07) is 20.8. The van der Waals surface area contributed by atoms with E-state index in [-0.39, 0.29) is 5.97 Å². The van der Waals surface area contributed by atoms with Crippen LogP contribution in [0.4, 0.5) is 0 Å². The Morgan fingerprint density at radius 1 is 0.875 bits per heavy atom. The number of carbonyl (C=O) groups is 1. The molecule has 1 aromatic heterocycles. The average molecular weight is 429 g/mol. The zero-order chi connectivity index (χ0) is 22.5. The van der Waals surface area contributed by atoms with Gasteiger partial charge in [0.2, 0.25) is 5.89 Å². The quantitative estimate of drug-likeness (QED) is 0.342. The number of oxazole rings is 1. The van der Waals surface area contributed by atoms with Crippen molar-refractivity contribution in [2.45, 2.75) is 6.92 Å². The summed E-state index contributed by atoms with van der Waals surface area (Å²) in [6.07, 6.45) is 1.61. The molecule has 0 fully saturated rings. The van der Waals surface area contributed by atoms with Gasteiger partial charge in [0.1, 0.15) is 23.5 Å². The van der Waals surface area contributed by atoms with Crippen molar-refractivity contribution in [1.29, 1.82) is 0 Å². The molecule has 0 spiro atoms. The molecule has 1 heterocycles. The van der Waals surface area contributed by atoms with Crippen molar-refractivity contribution < 1.29 is 23.4 Å². The van der Waals surface area contributed by atoms with E-state index in [9.17, 15) is 4.79 Å². The molecule has 0 N–H and O–H groups in total. The van der Waals surface area contributed by atoms with Gasteiger partial charge in [0.05, 0.1) is 26.4 Å². The second-order valence-corrected chi connectivity index (χ2v) is 6.98. The fraction of sp³-hybridized carbons (Fsp3) is 0.154. The van der Waals surface area contributed by atoms with E-state index in [1.807, 2.05) is 54.6 Å². The minimum atomic E-state index is -0.318. The number of rotatable bonds is 7. The average Bonchev–Trinajstić information content (AvgIpc) is 3.34. The van der Waals surface area contributed by atoms with Gasteiger partial charge in [-0.05, 0) is 60.5 Å². The summed E-state index contributed by atoms with van der Waals surface area (Å²) in [5.74, 6) is 1.59. The second kappa shape index (κ2) is 9.39. The van der Waals surface area contributed by atoms with Crippen LogP contribution in [0.2, 0.25) is 0 Å². The Balaban J connectivity index is 1.56. The fourth-order valence-corrected chi connectivity index (χ4v) is 3.36. The van der Waals surface area contributed by atoms with Gasteiger partial charge in [-0.15, -0.1) is 0 Å². The van der Waals surface area contributed by atoms with Crippen LogP contribution in [-0.4, -0.2) is 31.8 Å². The lowest BCUT2D eigenvalue weighted by molar-refractivity contribution is 0.0526. The maximum Gasteiger partial charge on any atom is 0.338 e. The lowest BCUT2D eigenvalue weighted by atomic mass is 10.0. The van der Waals surface area contributed by atoms with E-state index in [0.29, 0.717) is 35.3 Å². The van der Waals surface area contributed by atoms with Crippen LogP contribution in [0.1, 0.15) is 17.3 Å². The van der Waals surface area contributed by atoms with Gasteiger partial charge in [-0.25, -0.2) is 9.78 Å². The molecule has 4 rings (SSSR count). The van der Waals surface area contributed by atoms with Crippen molar-refractivity contribution in [1.82, 2.24) is 4.98 Å². The number of hydrogen-bond acceptors (Lipinski definition) is 6. The van der Waals surface area contributed by atoms with Gasteiger partial charge in [0.25, 0.3) is 0 Å². The summed E-state index contributed by atoms with van der Waals surface area (Å²) in [4.78, 5) is 16.5. The largest absolute Gasteiger partial charge is 0.497 e. The molecule has 0 amide bonds. The highest BCUT2D eigenvalue weighted by molar-refractivity contribution is 5.90. The molecule has 0 aliphatic rings. The highest BCUT2D eigenvalue weighted by Crippen LogP contribution is 2.34. The number of ether oxygens (including phenoxy) is 3. The summed E-state index contributed by atoms with van der Waals surface area (Å²) in [5.41, 5.74) is 4.86. The summed E-state index contributed by atoms with van der Waals surface area (Å²) in [6.45, 7) is 2.15. The first-order valence-electron chi connectivity index (χ1n) is 10.2. The third kappa shape index (κ3) is 4.34. The molecule has 6 heteroatoms. The molecule has 0 unspecified atom stereocenters. The lowest BCUT2D eigenvalue weighted by Gasteiger charge is -2.08. The fourth-order valence-electron chi connectivity index (χ4n) is 3.36. The van der Waals surface area contributed by atoms with E-state index in [1.165, 1.54) is 0 Å². The van der Waals surface area contributed by atoms with E-state index in [4.69, 9.17) is 18.6 Å². The molecule has 0 bridgehead atoms. The SMILES string of the molecule is CCOC(=O)c1ccc(-c2ccc(-c3nc(-c4cc(OC)ccc4OC)co3)cc2)cc1. The van der Waals surface area contributed by atoms with Crippen LogP contribution in [-0.2, 0) is 4.74 Å². The van der Waals surface area contributed by atoms with E-state index in [1.54, 1.807) is 39.5 Å². The van der Waals surface area contributed by atoms with Crippen molar-refractivity contribution in [2.75, 3.05) is 20.8 Å². The summed E-state index contributed by atoms with van der Waals surface area (Å²) in [7, 11) is 3.23. The summed E-state index contributed by atoms with van der Waals surface area (Å²) >= 11 is 0. The number of methoxy groups -OCH3 is 2. The molecule has 0 radical (unpaired) electrons. The summed E-state index contributed by atoms with van der Waals surface area (Å²) in [5, 5.41) is 0. The van der Waals surface area contributed by atoms with Crippen molar-refractivity contribution in [2.24, 2.45) is 0 Å². The Labute approximate surface area is 186 Å². The van der Waals surface area contributed by atoms with Crippen LogP contribution in [0.3, 0.4) is 0 Å². The minimum Gasteiger partial charge on any atom is -0.497 e. The van der Waals surface area contributed by atoms with Gasteiger partial charge in [-0.2, -0.15) is 0 Å². The summed E-state index contributed by atoms with van der Waals surface area (Å²) < 4.78 is 21.5. The first-order chi connectivity index (χ1) is 15.6. The monoisotopic (exact) mass is 429 g/mol. The first-order valence-corrected chi connectivity index (χ1v) is 10.2. The Morgan fingerprint density at radius 2 is 1.53 bits per heavy atom. The Morgan fingerprint density at radius 3 is 2.16 bits per heavy atom. The van der Waals surface area contributed by atoms with Crippen molar-refractivity contribution in [3.63, 3.8) is 0 Å². The highest BCUT2D eigenvalue weighted by Gasteiger charge is 2.14. The number of hydrogen-bond donors (Lipinski definition) is 0. The second-order valence-electron chi connectivity index (χ2n) is 6.98. The zero-order valence-electron chi connectivity index (χ0n) is 18.1. The molecule has 0 saturated heterocycles. The normalized spacial score (nSPS) is 10.6. The van der Waals surface area contributed by atoms with E-state index >= 15 is 0 Å². The molecule has 4 aromatic rings. The Bertz CT molecular complexity index is 1210. The van der Waals surface area contributed by atoms with Gasteiger partial charge < -0.3 is 18.6 Å². The van der Waals surface area contributed by atoms with Crippen LogP contribution >= 0.6 is 0 Å². The van der Waals surface area contributed by atoms with Crippen LogP contribution in [0.5, 0.6) is 11.5 Å². The van der Waals surface area contributed by atoms with Crippen LogP contribution in [0.25, 0.3) is 33.8 Å². The molecule has 32 heavy (non-hydrogen) atoms. The molecule has 0 saturated carbocycles. The van der Waals surface area contributed by atoms with Crippen LogP contribution in [0, 0.1) is 0 Å². The molecule has 0 aliphatic heterocycles. The smallest absolute Gasteiger partial charge is 0.338 e. The van der Waals surface area contributed by atoms with Crippen molar-refractivity contribution in [3.8, 4) is 45.3 Å². The highest BCUT2D eigenvalue weighted by atomic mass is 16.5. The number of aromatic nitrogens is 1. The Hall–Kier alpha value is -4.06. The molecular formula is C26H23NO5. The molecule has 0 aliphatic carbocycles. The predicted molar refractivity (Wildman–Crippen MR) is 122 cm³/mol. The standard InChI is InChI=1S/C26H23NO5/c1-4-31-26(28)20-11-7-18(8-12-20)17-5-9-19(10-6-17)25-27-23(16-32-25)22-15-21(29-2)13-14-24(22)30-3/h5-16H,4H2,1-3H3. The van der Waals surface area contributed by atoms with Gasteiger partial charge in [0, 0.05) is 11.1 Å². The van der Waals surface area contributed by atoms with Crippen molar-refractivity contribution >= 4 is 5.97 Å². The maximum atomic E-state index is 11.8. The lowest BCUT2D eigenvalue weighted by Crippen LogP contribution is -2.03. The number of esters is 1. The van der Waals surface area contributed by atoms with Gasteiger partial charge in [-0.3, -0.25) is 0 Å². The molecular weight excluding hydrogens is 406 g/mol. The Kier molecular flexibility index (Phi) is 6.22. The number of nitrogens with zero attached hydrogens (tertiary/aromatic N) is 1. The minimum absolute atomic E-state index is 0.318. The third-order valence-corrected chi connectivity index (χ3v) is 5.05. The molecule has 6 nitrogen and oxygen atoms in total. The molecule has 3 aromatic carbocycles. The zero-order valence-corrected chi connectivity index (χ0v) is 18.1. The van der Waals surface area contributed by atoms with E-state index < -0.39 is 0 Å². The topological polar surface area (TPSA) is 70.8 Å². The van der Waals surface area contributed by atoms with Gasteiger partial charge >= 0.3 is 5.97 Å².